The third kappa shape index (κ3) is 0.832. The molecule has 2 rings (SSSR count). The molecule has 12 heavy (non-hydrogen) atoms. The van der Waals surface area contributed by atoms with Crippen LogP contribution in [0, 0.1) is 11.3 Å². The third-order valence-electron chi connectivity index (χ3n) is 3.61. The minimum atomic E-state index is 0.0237. The molecule has 0 aromatic heterocycles. The second-order valence-corrected chi connectivity index (χ2v) is 6.09. The van der Waals surface area contributed by atoms with Gasteiger partial charge in [0.2, 0.25) is 0 Å². The van der Waals surface area contributed by atoms with Crippen LogP contribution in [0.3, 0.4) is 0 Å². The maximum Gasteiger partial charge on any atom is 0.0796 e. The fraction of sp³-hybridized carbons (Fsp3) is 0.889. The van der Waals surface area contributed by atoms with E-state index in [1.807, 2.05) is 0 Å². The van der Waals surface area contributed by atoms with Crippen molar-refractivity contribution in [3.63, 3.8) is 0 Å². The van der Waals surface area contributed by atoms with Crippen LogP contribution < -0.4 is 0 Å². The lowest BCUT2D eigenvalue weighted by Gasteiger charge is -2.32. The first-order valence-electron chi connectivity index (χ1n) is 4.42. The van der Waals surface area contributed by atoms with Crippen LogP contribution in [0.2, 0.25) is 0 Å². The Morgan fingerprint density at radius 2 is 2.25 bits per heavy atom. The van der Waals surface area contributed by atoms with Crippen LogP contribution >= 0.6 is 15.9 Å². The van der Waals surface area contributed by atoms with Gasteiger partial charge in [0.25, 0.3) is 0 Å². The average molecular weight is 232 g/mol. The van der Waals surface area contributed by atoms with Gasteiger partial charge in [0.15, 0.2) is 0 Å². The lowest BCUT2D eigenvalue weighted by molar-refractivity contribution is 0.286. The number of alkyl halides is 1. The molecule has 0 amide bonds. The smallest absolute Gasteiger partial charge is 0.0796 e. The molecular formula is C9H14BrNO. The van der Waals surface area contributed by atoms with Crippen molar-refractivity contribution < 1.29 is 5.21 Å². The topological polar surface area (TPSA) is 32.6 Å². The highest BCUT2D eigenvalue weighted by atomic mass is 79.9. The van der Waals surface area contributed by atoms with E-state index >= 15 is 0 Å². The largest absolute Gasteiger partial charge is 0.411 e. The summed E-state index contributed by atoms with van der Waals surface area (Å²) in [6, 6.07) is 0. The summed E-state index contributed by atoms with van der Waals surface area (Å²) >= 11 is 3.70. The zero-order valence-corrected chi connectivity index (χ0v) is 9.06. The minimum Gasteiger partial charge on any atom is -0.411 e. The Morgan fingerprint density at radius 3 is 2.58 bits per heavy atom. The molecule has 2 aliphatic carbocycles. The molecule has 0 aromatic rings. The van der Waals surface area contributed by atoms with E-state index in [1.54, 1.807) is 0 Å². The van der Waals surface area contributed by atoms with Gasteiger partial charge >= 0.3 is 0 Å². The van der Waals surface area contributed by atoms with Crippen LogP contribution in [0.25, 0.3) is 0 Å². The van der Waals surface area contributed by atoms with Crippen LogP contribution in [-0.4, -0.2) is 15.2 Å². The van der Waals surface area contributed by atoms with Gasteiger partial charge in [-0.3, -0.25) is 0 Å². The van der Waals surface area contributed by atoms with E-state index < -0.39 is 0 Å². The van der Waals surface area contributed by atoms with Gasteiger partial charge in [0.05, 0.1) is 10.0 Å². The summed E-state index contributed by atoms with van der Waals surface area (Å²) in [6.07, 6.45) is 3.52. The molecule has 68 valence electrons. The third-order valence-corrected chi connectivity index (χ3v) is 4.71. The monoisotopic (exact) mass is 231 g/mol. The first-order valence-corrected chi connectivity index (χ1v) is 5.22. The van der Waals surface area contributed by atoms with E-state index in [0.717, 1.165) is 18.6 Å². The summed E-state index contributed by atoms with van der Waals surface area (Å²) < 4.78 is 0.0237. The molecule has 0 saturated heterocycles. The van der Waals surface area contributed by atoms with E-state index in [2.05, 4.69) is 34.9 Å². The summed E-state index contributed by atoms with van der Waals surface area (Å²) in [7, 11) is 0. The highest BCUT2D eigenvalue weighted by Crippen LogP contribution is 2.59. The highest BCUT2D eigenvalue weighted by Gasteiger charge is 2.59. The zero-order valence-electron chi connectivity index (χ0n) is 7.47. The Hall–Kier alpha value is -0.0500. The molecule has 1 N–H and O–H groups in total. The lowest BCUT2D eigenvalue weighted by atomic mass is 9.75. The molecule has 3 heteroatoms. The van der Waals surface area contributed by atoms with Crippen molar-refractivity contribution in [3.8, 4) is 0 Å². The molecule has 2 fully saturated rings. The normalized spacial score (nSPS) is 47.2. The number of hydrogen-bond acceptors (Lipinski definition) is 2. The van der Waals surface area contributed by atoms with Gasteiger partial charge in [0.1, 0.15) is 0 Å². The van der Waals surface area contributed by atoms with Gasteiger partial charge in [0, 0.05) is 5.41 Å². The molecular weight excluding hydrogens is 218 g/mol. The Kier molecular flexibility index (Phi) is 1.60. The standard InChI is InChI=1S/C9H14BrNO/c1-8(2)6-3-4-9(10,5-6)7(8)11-12/h6,12H,3-5H2,1-2H3/b11-7-/t6-,9-/m1/s1. The summed E-state index contributed by atoms with van der Waals surface area (Å²) in [5.41, 5.74) is 1.04. The van der Waals surface area contributed by atoms with Crippen LogP contribution in [0.5, 0.6) is 0 Å². The van der Waals surface area contributed by atoms with Crippen molar-refractivity contribution in [2.45, 2.75) is 37.4 Å². The Morgan fingerprint density at radius 1 is 1.58 bits per heavy atom. The predicted octanol–water partition coefficient (Wildman–Crippen LogP) is 2.79. The summed E-state index contributed by atoms with van der Waals surface area (Å²) in [5, 5.41) is 12.4. The molecule has 0 spiro atoms. The van der Waals surface area contributed by atoms with Crippen molar-refractivity contribution in [2.75, 3.05) is 0 Å². The SMILES string of the molecule is CC1(C)/C(=N/O)[C@@]2(Br)CC[C@@H]1C2. The van der Waals surface area contributed by atoms with Crippen molar-refractivity contribution in [1.29, 1.82) is 0 Å². The van der Waals surface area contributed by atoms with E-state index in [1.165, 1.54) is 6.42 Å². The van der Waals surface area contributed by atoms with E-state index in [0.29, 0.717) is 5.92 Å². The number of oxime groups is 1. The molecule has 2 atom stereocenters. The van der Waals surface area contributed by atoms with Crippen LogP contribution in [0.15, 0.2) is 5.16 Å². The summed E-state index contributed by atoms with van der Waals surface area (Å²) in [6.45, 7) is 4.35. The average Bonchev–Trinajstić information content (AvgIpc) is 2.39. The summed E-state index contributed by atoms with van der Waals surface area (Å²) in [5.74, 6) is 0.697. The second-order valence-electron chi connectivity index (χ2n) is 4.58. The number of fused-ring (bicyclic) bond motifs is 2. The first-order chi connectivity index (χ1) is 5.50. The van der Waals surface area contributed by atoms with Crippen LogP contribution in [0.1, 0.15) is 33.1 Å². The molecule has 0 heterocycles. The molecule has 2 saturated carbocycles. The predicted molar refractivity (Wildman–Crippen MR) is 52.0 cm³/mol. The Balaban J connectivity index is 2.45. The fourth-order valence-corrected chi connectivity index (χ4v) is 4.03. The zero-order chi connectivity index (χ0) is 8.98. The number of halogens is 1. The van der Waals surface area contributed by atoms with Gasteiger partial charge < -0.3 is 5.21 Å². The van der Waals surface area contributed by atoms with Gasteiger partial charge in [-0.15, -0.1) is 0 Å². The maximum absolute atomic E-state index is 8.95. The molecule has 0 unspecified atom stereocenters. The van der Waals surface area contributed by atoms with E-state index in [-0.39, 0.29) is 9.74 Å². The molecule has 0 aromatic carbocycles. The van der Waals surface area contributed by atoms with Gasteiger partial charge in [-0.05, 0) is 25.2 Å². The van der Waals surface area contributed by atoms with Crippen molar-refractivity contribution >= 4 is 21.6 Å². The van der Waals surface area contributed by atoms with Gasteiger partial charge in [-0.2, -0.15) is 0 Å². The Labute approximate surface area is 81.2 Å². The molecule has 2 nitrogen and oxygen atoms in total. The Bertz CT molecular complexity index is 242. The first kappa shape index (κ1) is 8.54. The number of rotatable bonds is 0. The van der Waals surface area contributed by atoms with Crippen molar-refractivity contribution in [1.82, 2.24) is 0 Å². The number of hydrogen-bond donors (Lipinski definition) is 1. The fourth-order valence-electron chi connectivity index (χ4n) is 2.82. The minimum absolute atomic E-state index is 0.0237. The maximum atomic E-state index is 8.95. The molecule has 0 radical (unpaired) electrons. The van der Waals surface area contributed by atoms with Crippen LogP contribution in [0.4, 0.5) is 0 Å². The molecule has 2 aliphatic rings. The van der Waals surface area contributed by atoms with Gasteiger partial charge in [-0.25, -0.2) is 0 Å². The summed E-state index contributed by atoms with van der Waals surface area (Å²) in [4.78, 5) is 0. The quantitative estimate of drug-likeness (QED) is 0.388. The van der Waals surface area contributed by atoms with Crippen LogP contribution in [-0.2, 0) is 0 Å². The van der Waals surface area contributed by atoms with Crippen molar-refractivity contribution in [2.24, 2.45) is 16.5 Å². The second kappa shape index (κ2) is 2.25. The van der Waals surface area contributed by atoms with Crippen molar-refractivity contribution in [3.05, 3.63) is 0 Å². The molecule has 2 bridgehead atoms. The van der Waals surface area contributed by atoms with E-state index in [9.17, 15) is 0 Å². The van der Waals surface area contributed by atoms with E-state index in [4.69, 9.17) is 5.21 Å². The highest BCUT2D eigenvalue weighted by molar-refractivity contribution is 9.10. The van der Waals surface area contributed by atoms with Gasteiger partial charge in [-0.1, -0.05) is 34.9 Å². The number of nitrogens with zero attached hydrogens (tertiary/aromatic N) is 1. The lowest BCUT2D eigenvalue weighted by Crippen LogP contribution is -2.37. The molecule has 0 aliphatic heterocycles.